The molecule has 4 fully saturated rings. The van der Waals surface area contributed by atoms with E-state index >= 15 is 0 Å². The second-order valence-corrected chi connectivity index (χ2v) is 10.7. The van der Waals surface area contributed by atoms with E-state index in [9.17, 15) is 4.79 Å². The predicted molar refractivity (Wildman–Crippen MR) is 113 cm³/mol. The highest BCUT2D eigenvalue weighted by molar-refractivity contribution is 7.80. The molecule has 0 saturated heterocycles. The standard InChI is InChI=1S/C21H28N2O2S2/c1-25-19(24)17-15-4-2-3-5-16(15)27-18(17)22-20(26)23-21-9-12-6-13(10-21)8-14(7-12)11-21/h12-14H,2-11H2,1H3,(H2,22,23,26). The molecule has 5 aliphatic carbocycles. The van der Waals surface area contributed by atoms with Crippen LogP contribution in [-0.4, -0.2) is 23.7 Å². The largest absolute Gasteiger partial charge is 0.465 e. The molecule has 2 N–H and O–H groups in total. The molecule has 4 bridgehead atoms. The fraction of sp³-hybridized carbons (Fsp3) is 0.714. The van der Waals surface area contributed by atoms with Gasteiger partial charge in [0.15, 0.2) is 5.11 Å². The van der Waals surface area contributed by atoms with Gasteiger partial charge < -0.3 is 15.4 Å². The van der Waals surface area contributed by atoms with Crippen molar-refractivity contribution in [2.24, 2.45) is 17.8 Å². The zero-order valence-electron chi connectivity index (χ0n) is 15.9. The van der Waals surface area contributed by atoms with Crippen molar-refractivity contribution in [2.45, 2.75) is 69.7 Å². The van der Waals surface area contributed by atoms with Gasteiger partial charge in [0.1, 0.15) is 5.00 Å². The third kappa shape index (κ3) is 3.19. The van der Waals surface area contributed by atoms with Crippen LogP contribution in [0.25, 0.3) is 0 Å². The van der Waals surface area contributed by atoms with Gasteiger partial charge in [-0.1, -0.05) is 0 Å². The van der Waals surface area contributed by atoms with Crippen molar-refractivity contribution in [3.8, 4) is 0 Å². The average Bonchev–Trinajstić information content (AvgIpc) is 2.96. The average molecular weight is 405 g/mol. The van der Waals surface area contributed by atoms with Gasteiger partial charge in [-0.25, -0.2) is 4.79 Å². The van der Waals surface area contributed by atoms with Crippen LogP contribution >= 0.6 is 23.6 Å². The molecule has 6 heteroatoms. The molecule has 0 aromatic carbocycles. The molecule has 146 valence electrons. The van der Waals surface area contributed by atoms with Gasteiger partial charge in [-0.3, -0.25) is 0 Å². The van der Waals surface area contributed by atoms with Crippen LogP contribution in [0.5, 0.6) is 0 Å². The van der Waals surface area contributed by atoms with Crippen LogP contribution in [0, 0.1) is 17.8 Å². The lowest BCUT2D eigenvalue weighted by Crippen LogP contribution is -2.60. The maximum absolute atomic E-state index is 12.4. The monoisotopic (exact) mass is 404 g/mol. The molecule has 5 aliphatic rings. The summed E-state index contributed by atoms with van der Waals surface area (Å²) in [5, 5.41) is 8.66. The molecule has 1 heterocycles. The molecule has 6 rings (SSSR count). The summed E-state index contributed by atoms with van der Waals surface area (Å²) in [5.74, 6) is 2.40. The minimum absolute atomic E-state index is 0.182. The van der Waals surface area contributed by atoms with E-state index in [4.69, 9.17) is 17.0 Å². The Balaban J connectivity index is 1.35. The van der Waals surface area contributed by atoms with Crippen molar-refractivity contribution >= 4 is 39.6 Å². The fourth-order valence-corrected chi connectivity index (χ4v) is 8.28. The minimum atomic E-state index is -0.241. The van der Waals surface area contributed by atoms with Gasteiger partial charge in [0.25, 0.3) is 0 Å². The van der Waals surface area contributed by atoms with E-state index in [2.05, 4.69) is 10.6 Å². The fourth-order valence-electron chi connectivity index (χ4n) is 6.61. The van der Waals surface area contributed by atoms with Crippen LogP contribution in [0.15, 0.2) is 0 Å². The van der Waals surface area contributed by atoms with E-state index in [0.29, 0.717) is 10.7 Å². The summed E-state index contributed by atoms with van der Waals surface area (Å²) in [6, 6.07) is 0. The van der Waals surface area contributed by atoms with Crippen molar-refractivity contribution in [3.63, 3.8) is 0 Å². The SMILES string of the molecule is COC(=O)c1c(NC(=S)NC23CC4CC(CC(C4)C2)C3)sc2c1CCCC2. The number of anilines is 1. The van der Waals surface area contributed by atoms with Gasteiger partial charge in [0, 0.05) is 10.4 Å². The molecule has 4 nitrogen and oxygen atoms in total. The molecule has 0 amide bonds. The van der Waals surface area contributed by atoms with Crippen molar-refractivity contribution < 1.29 is 9.53 Å². The first-order chi connectivity index (χ1) is 13.0. The quantitative estimate of drug-likeness (QED) is 0.566. The summed E-state index contributed by atoms with van der Waals surface area (Å²) in [7, 11) is 1.46. The molecule has 0 atom stereocenters. The Bertz CT molecular complexity index is 750. The third-order valence-corrected chi connectivity index (χ3v) is 8.62. The Morgan fingerprint density at radius 2 is 1.74 bits per heavy atom. The minimum Gasteiger partial charge on any atom is -0.465 e. The van der Waals surface area contributed by atoms with Crippen molar-refractivity contribution in [1.29, 1.82) is 0 Å². The maximum Gasteiger partial charge on any atom is 0.341 e. The number of carbonyl (C=O) groups is 1. The Morgan fingerprint density at radius 1 is 1.11 bits per heavy atom. The normalized spacial score (nSPS) is 33.4. The van der Waals surface area contributed by atoms with Crippen LogP contribution in [0.1, 0.15) is 72.2 Å². The summed E-state index contributed by atoms with van der Waals surface area (Å²) in [6.07, 6.45) is 12.4. The molecular weight excluding hydrogens is 376 g/mol. The zero-order valence-corrected chi connectivity index (χ0v) is 17.6. The molecule has 27 heavy (non-hydrogen) atoms. The van der Waals surface area contributed by atoms with E-state index in [1.165, 1.54) is 62.5 Å². The first-order valence-electron chi connectivity index (χ1n) is 10.4. The lowest BCUT2D eigenvalue weighted by molar-refractivity contribution is -0.00972. The number of thiocarbonyl (C=S) groups is 1. The second kappa shape index (κ2) is 6.73. The molecular formula is C21H28N2O2S2. The van der Waals surface area contributed by atoms with E-state index in [1.54, 1.807) is 11.3 Å². The van der Waals surface area contributed by atoms with Gasteiger partial charge in [-0.05, 0) is 99.7 Å². The Hall–Kier alpha value is -1.14. The molecule has 0 radical (unpaired) electrons. The predicted octanol–water partition coefficient (Wildman–Crippen LogP) is 4.67. The lowest BCUT2D eigenvalue weighted by atomic mass is 9.53. The summed E-state index contributed by atoms with van der Waals surface area (Å²) < 4.78 is 5.08. The molecule has 1 aromatic rings. The van der Waals surface area contributed by atoms with Crippen LogP contribution in [0.4, 0.5) is 5.00 Å². The highest BCUT2D eigenvalue weighted by Gasteiger charge is 2.51. The van der Waals surface area contributed by atoms with Crippen LogP contribution in [0.2, 0.25) is 0 Å². The second-order valence-electron chi connectivity index (χ2n) is 9.18. The number of esters is 1. The summed E-state index contributed by atoms with van der Waals surface area (Å²) in [6.45, 7) is 0. The highest BCUT2D eigenvalue weighted by Crippen LogP contribution is 2.55. The Morgan fingerprint density at radius 3 is 2.37 bits per heavy atom. The molecule has 0 unspecified atom stereocenters. The molecule has 0 aliphatic heterocycles. The molecule has 0 spiro atoms. The van der Waals surface area contributed by atoms with Crippen LogP contribution < -0.4 is 10.6 Å². The van der Waals surface area contributed by atoms with Gasteiger partial charge >= 0.3 is 5.97 Å². The number of fused-ring (bicyclic) bond motifs is 1. The van der Waals surface area contributed by atoms with Crippen molar-refractivity contribution in [2.75, 3.05) is 12.4 Å². The maximum atomic E-state index is 12.4. The number of hydrogen-bond acceptors (Lipinski definition) is 4. The van der Waals surface area contributed by atoms with E-state index in [1.807, 2.05) is 0 Å². The number of aryl methyl sites for hydroxylation is 1. The molecule has 1 aromatic heterocycles. The van der Waals surface area contributed by atoms with Gasteiger partial charge in [-0.15, -0.1) is 11.3 Å². The number of methoxy groups -OCH3 is 1. The van der Waals surface area contributed by atoms with E-state index in [0.717, 1.165) is 42.0 Å². The van der Waals surface area contributed by atoms with Gasteiger partial charge in [0.2, 0.25) is 0 Å². The number of nitrogens with one attached hydrogen (secondary N) is 2. The van der Waals surface area contributed by atoms with Gasteiger partial charge in [0.05, 0.1) is 12.7 Å². The number of carbonyl (C=O) groups excluding carboxylic acids is 1. The highest BCUT2D eigenvalue weighted by atomic mass is 32.1. The summed E-state index contributed by atoms with van der Waals surface area (Å²) in [4.78, 5) is 13.8. The van der Waals surface area contributed by atoms with Crippen LogP contribution in [-0.2, 0) is 17.6 Å². The van der Waals surface area contributed by atoms with Crippen molar-refractivity contribution in [1.82, 2.24) is 5.32 Å². The molecule has 4 saturated carbocycles. The topological polar surface area (TPSA) is 50.4 Å². The number of rotatable bonds is 3. The Kier molecular flexibility index (Phi) is 4.47. The smallest absolute Gasteiger partial charge is 0.341 e. The number of hydrogen-bond donors (Lipinski definition) is 2. The van der Waals surface area contributed by atoms with Gasteiger partial charge in [-0.2, -0.15) is 0 Å². The lowest BCUT2D eigenvalue weighted by Gasteiger charge is -2.57. The number of thiophene rings is 1. The van der Waals surface area contributed by atoms with E-state index < -0.39 is 0 Å². The summed E-state index contributed by atoms with van der Waals surface area (Å²) in [5.41, 5.74) is 2.08. The first-order valence-corrected chi connectivity index (χ1v) is 11.6. The zero-order chi connectivity index (χ0) is 18.6. The third-order valence-electron chi connectivity index (χ3n) is 7.20. The van der Waals surface area contributed by atoms with Crippen LogP contribution in [0.3, 0.4) is 0 Å². The Labute approximate surface area is 170 Å². The summed E-state index contributed by atoms with van der Waals surface area (Å²) >= 11 is 7.41. The van der Waals surface area contributed by atoms with E-state index in [-0.39, 0.29) is 11.5 Å². The number of ether oxygens (including phenoxy) is 1. The first kappa shape index (κ1) is 17.9. The van der Waals surface area contributed by atoms with Crippen molar-refractivity contribution in [3.05, 3.63) is 16.0 Å².